The fraction of sp³-hybridized carbons (Fsp3) is 0.318. The van der Waals surface area contributed by atoms with E-state index >= 15 is 0 Å². The number of hydrazone groups is 1. The zero-order chi connectivity index (χ0) is 24.7. The molecule has 0 saturated carbocycles. The molecule has 0 spiro atoms. The molecule has 1 fully saturated rings. The number of hydrogen-bond acceptors (Lipinski definition) is 6. The second kappa shape index (κ2) is 9.17. The number of anilines is 1. The third-order valence-electron chi connectivity index (χ3n) is 5.98. The minimum atomic E-state index is -0.709. The summed E-state index contributed by atoms with van der Waals surface area (Å²) in [6, 6.07) is 2.25. The Kier molecular flexibility index (Phi) is 6.05. The molecular formula is C22H20ClF3N8O. The Morgan fingerprint density at radius 1 is 1.06 bits per heavy atom. The van der Waals surface area contributed by atoms with E-state index in [4.69, 9.17) is 11.6 Å². The van der Waals surface area contributed by atoms with Crippen molar-refractivity contribution in [3.63, 3.8) is 0 Å². The maximum absolute atomic E-state index is 14.5. The molecule has 1 saturated heterocycles. The zero-order valence-electron chi connectivity index (χ0n) is 18.6. The number of aryl methyl sites for hydroxylation is 1. The Hall–Kier alpha value is -3.67. The first-order valence-corrected chi connectivity index (χ1v) is 11.2. The van der Waals surface area contributed by atoms with E-state index in [1.807, 2.05) is 4.90 Å². The van der Waals surface area contributed by atoms with E-state index in [0.717, 1.165) is 12.3 Å². The molecule has 0 unspecified atom stereocenters. The van der Waals surface area contributed by atoms with Gasteiger partial charge in [0.05, 0.1) is 23.5 Å². The van der Waals surface area contributed by atoms with Crippen LogP contribution in [0.5, 0.6) is 0 Å². The third-order valence-corrected chi connectivity index (χ3v) is 6.26. The summed E-state index contributed by atoms with van der Waals surface area (Å²) in [6.45, 7) is 1.45. The molecule has 2 amide bonds. The first-order valence-electron chi connectivity index (χ1n) is 10.8. The van der Waals surface area contributed by atoms with Crippen molar-refractivity contribution in [1.29, 1.82) is 0 Å². The molecule has 5 rings (SSSR count). The minimum Gasteiger partial charge on any atom is -0.337 e. The highest BCUT2D eigenvalue weighted by molar-refractivity contribution is 6.32. The largest absolute Gasteiger partial charge is 0.341 e. The summed E-state index contributed by atoms with van der Waals surface area (Å²) in [5.41, 5.74) is 0.719. The first-order chi connectivity index (χ1) is 16.8. The number of rotatable bonds is 3. The fourth-order valence-corrected chi connectivity index (χ4v) is 4.49. The molecule has 9 nitrogen and oxygen atoms in total. The average Bonchev–Trinajstić information content (AvgIpc) is 3.45. The van der Waals surface area contributed by atoms with Crippen LogP contribution >= 0.6 is 11.6 Å². The van der Waals surface area contributed by atoms with Crippen LogP contribution in [0.2, 0.25) is 5.02 Å². The molecule has 0 N–H and O–H groups in total. The topological polar surface area (TPSA) is 82.8 Å². The van der Waals surface area contributed by atoms with Gasteiger partial charge in [-0.25, -0.2) is 32.9 Å². The molecule has 0 radical (unpaired) electrons. The highest BCUT2D eigenvalue weighted by Crippen LogP contribution is 2.31. The number of piperazine rings is 1. The van der Waals surface area contributed by atoms with Gasteiger partial charge in [0.2, 0.25) is 5.95 Å². The average molecular weight is 505 g/mol. The van der Waals surface area contributed by atoms with Crippen LogP contribution in [-0.4, -0.2) is 68.1 Å². The van der Waals surface area contributed by atoms with Gasteiger partial charge in [0.1, 0.15) is 23.0 Å². The van der Waals surface area contributed by atoms with Gasteiger partial charge in [-0.05, 0) is 17.7 Å². The van der Waals surface area contributed by atoms with Gasteiger partial charge in [-0.3, -0.25) is 4.68 Å². The van der Waals surface area contributed by atoms with E-state index in [2.05, 4.69) is 20.2 Å². The highest BCUT2D eigenvalue weighted by atomic mass is 35.5. The van der Waals surface area contributed by atoms with E-state index < -0.39 is 23.5 Å². The molecule has 2 aromatic heterocycles. The Labute approximate surface area is 203 Å². The molecule has 35 heavy (non-hydrogen) atoms. The van der Waals surface area contributed by atoms with Crippen LogP contribution in [0.25, 0.3) is 11.4 Å². The Bertz CT molecular complexity index is 1270. The van der Waals surface area contributed by atoms with Crippen molar-refractivity contribution in [3.8, 4) is 11.4 Å². The lowest BCUT2D eigenvalue weighted by Gasteiger charge is -2.37. The van der Waals surface area contributed by atoms with Crippen LogP contribution in [0, 0.1) is 17.5 Å². The maximum Gasteiger partial charge on any atom is 0.341 e. The van der Waals surface area contributed by atoms with Crippen molar-refractivity contribution in [1.82, 2.24) is 29.7 Å². The molecule has 0 bridgehead atoms. The van der Waals surface area contributed by atoms with Crippen molar-refractivity contribution < 1.29 is 18.0 Å². The standard InChI is InChI=1S/C22H20ClF3N8O/c1-31-20(16(23)11-29-31)19-17(26)12-27-21(30-19)32-4-6-33(7-5-32)22(35)34-18(2-3-28-34)13-8-14(24)10-15(25)9-13/h3,8-12,18H,2,4-7H2,1H3/t18-/m0/s1. The molecule has 182 valence electrons. The van der Waals surface area contributed by atoms with Crippen LogP contribution < -0.4 is 4.90 Å². The van der Waals surface area contributed by atoms with Crippen molar-refractivity contribution in [3.05, 3.63) is 58.6 Å². The number of carbonyl (C=O) groups is 1. The lowest BCUT2D eigenvalue weighted by atomic mass is 10.0. The third kappa shape index (κ3) is 4.41. The van der Waals surface area contributed by atoms with Crippen LogP contribution in [0.4, 0.5) is 23.9 Å². The van der Waals surface area contributed by atoms with E-state index in [9.17, 15) is 18.0 Å². The molecule has 3 aromatic rings. The summed E-state index contributed by atoms with van der Waals surface area (Å²) in [5.74, 6) is -1.74. The zero-order valence-corrected chi connectivity index (χ0v) is 19.3. The summed E-state index contributed by atoms with van der Waals surface area (Å²) >= 11 is 6.15. The Morgan fingerprint density at radius 2 is 1.77 bits per heavy atom. The Balaban J connectivity index is 1.29. The minimum absolute atomic E-state index is 0.0371. The van der Waals surface area contributed by atoms with Gasteiger partial charge < -0.3 is 9.80 Å². The molecular weight excluding hydrogens is 485 g/mol. The highest BCUT2D eigenvalue weighted by Gasteiger charge is 2.34. The fourth-order valence-electron chi connectivity index (χ4n) is 4.24. The van der Waals surface area contributed by atoms with Crippen LogP contribution in [0.15, 0.2) is 35.7 Å². The van der Waals surface area contributed by atoms with Gasteiger partial charge in [0.15, 0.2) is 5.82 Å². The van der Waals surface area contributed by atoms with E-state index in [0.29, 0.717) is 49.8 Å². The summed E-state index contributed by atoms with van der Waals surface area (Å²) < 4.78 is 43.3. The monoisotopic (exact) mass is 504 g/mol. The van der Waals surface area contributed by atoms with Crippen molar-refractivity contribution in [2.45, 2.75) is 12.5 Å². The number of carbonyl (C=O) groups excluding carboxylic acids is 1. The molecule has 1 aromatic carbocycles. The summed E-state index contributed by atoms with van der Waals surface area (Å²) in [4.78, 5) is 25.1. The van der Waals surface area contributed by atoms with Crippen LogP contribution in [0.1, 0.15) is 18.0 Å². The predicted molar refractivity (Wildman–Crippen MR) is 122 cm³/mol. The smallest absolute Gasteiger partial charge is 0.337 e. The van der Waals surface area contributed by atoms with Gasteiger partial charge in [-0.2, -0.15) is 10.2 Å². The van der Waals surface area contributed by atoms with Crippen molar-refractivity contribution in [2.75, 3.05) is 31.1 Å². The van der Waals surface area contributed by atoms with Gasteiger partial charge in [-0.1, -0.05) is 11.6 Å². The quantitative estimate of drug-likeness (QED) is 0.544. The lowest BCUT2D eigenvalue weighted by molar-refractivity contribution is 0.139. The van der Waals surface area contributed by atoms with Crippen molar-refractivity contribution >= 4 is 29.8 Å². The number of urea groups is 1. The van der Waals surface area contributed by atoms with Gasteiger partial charge in [-0.15, -0.1) is 0 Å². The molecule has 4 heterocycles. The molecule has 1 atom stereocenters. The van der Waals surface area contributed by atoms with E-state index in [1.54, 1.807) is 18.2 Å². The van der Waals surface area contributed by atoms with Gasteiger partial charge >= 0.3 is 6.03 Å². The number of halogens is 4. The van der Waals surface area contributed by atoms with Crippen LogP contribution in [-0.2, 0) is 7.05 Å². The maximum atomic E-state index is 14.5. The second-order valence-corrected chi connectivity index (χ2v) is 8.59. The number of aromatic nitrogens is 4. The van der Waals surface area contributed by atoms with Crippen molar-refractivity contribution in [2.24, 2.45) is 12.1 Å². The number of benzene rings is 1. The van der Waals surface area contributed by atoms with E-state index in [-0.39, 0.29) is 16.7 Å². The lowest BCUT2D eigenvalue weighted by Crippen LogP contribution is -2.52. The number of nitrogens with zero attached hydrogens (tertiary/aromatic N) is 8. The summed E-state index contributed by atoms with van der Waals surface area (Å²) in [6.07, 6.45) is 4.41. The Morgan fingerprint density at radius 3 is 2.43 bits per heavy atom. The predicted octanol–water partition coefficient (Wildman–Crippen LogP) is 3.62. The molecule has 2 aliphatic rings. The SMILES string of the molecule is Cn1ncc(Cl)c1-c1nc(N2CCN(C(=O)N3N=CC[C@H]3c3cc(F)cc(F)c3)CC2)ncc1F. The molecule has 2 aliphatic heterocycles. The molecule has 13 heteroatoms. The van der Waals surface area contributed by atoms with Gasteiger partial charge in [0.25, 0.3) is 0 Å². The summed E-state index contributed by atoms with van der Waals surface area (Å²) in [7, 11) is 1.64. The first kappa shape index (κ1) is 23.1. The van der Waals surface area contributed by atoms with Crippen LogP contribution in [0.3, 0.4) is 0 Å². The number of amides is 2. The number of hydrogen-bond donors (Lipinski definition) is 0. The van der Waals surface area contributed by atoms with Gasteiger partial charge in [0, 0.05) is 51.9 Å². The summed E-state index contributed by atoms with van der Waals surface area (Å²) in [5, 5.41) is 9.69. The normalized spacial score (nSPS) is 18.0. The van der Waals surface area contributed by atoms with E-state index in [1.165, 1.54) is 28.0 Å². The molecule has 0 aliphatic carbocycles. The second-order valence-electron chi connectivity index (χ2n) is 8.18.